The van der Waals surface area contributed by atoms with Crippen molar-refractivity contribution in [3.8, 4) is 0 Å². The van der Waals surface area contributed by atoms with Crippen LogP contribution in [-0.2, 0) is 0 Å². The Morgan fingerprint density at radius 1 is 1.29 bits per heavy atom. The number of nitrogens with zero attached hydrogens (tertiary/aromatic N) is 3. The number of hydrogen-bond acceptors (Lipinski definition) is 3. The van der Waals surface area contributed by atoms with Crippen LogP contribution in [0.1, 0.15) is 39.5 Å². The van der Waals surface area contributed by atoms with Gasteiger partial charge in [0.2, 0.25) is 0 Å². The maximum atomic E-state index is 9.65. The first kappa shape index (κ1) is 19.0. The quantitative estimate of drug-likeness (QED) is 0.419. The number of β-amino-alcohol motifs (C(OH)–C–C–N with tert-alkyl or cyclic N) is 1. The third kappa shape index (κ3) is 5.90. The van der Waals surface area contributed by atoms with E-state index in [1.165, 1.54) is 25.8 Å². The summed E-state index contributed by atoms with van der Waals surface area (Å²) in [6.45, 7) is 10.0. The molecule has 2 heterocycles. The van der Waals surface area contributed by atoms with Gasteiger partial charge < -0.3 is 15.3 Å². The fourth-order valence-corrected chi connectivity index (χ4v) is 3.13. The first-order valence-electron chi connectivity index (χ1n) is 8.16. The molecule has 0 amide bonds. The highest BCUT2D eigenvalue weighted by Crippen LogP contribution is 2.15. The SMILES string of the molecule is CCNC(=NCCN1CCCCC1C)N1CC[C@@H](O)C1.I. The summed E-state index contributed by atoms with van der Waals surface area (Å²) in [6.07, 6.45) is 4.68. The summed E-state index contributed by atoms with van der Waals surface area (Å²) >= 11 is 0. The Labute approximate surface area is 146 Å². The maximum absolute atomic E-state index is 9.65. The second-order valence-corrected chi connectivity index (χ2v) is 6.00. The number of likely N-dealkylation sites (tertiary alicyclic amines) is 2. The molecule has 21 heavy (non-hydrogen) atoms. The van der Waals surface area contributed by atoms with E-state index in [1.807, 2.05) is 0 Å². The molecule has 0 aromatic carbocycles. The van der Waals surface area contributed by atoms with Gasteiger partial charge in [0, 0.05) is 32.2 Å². The lowest BCUT2D eigenvalue weighted by molar-refractivity contribution is 0.165. The number of aliphatic hydroxyl groups excluding tert-OH is 1. The molecule has 2 rings (SSSR count). The van der Waals surface area contributed by atoms with Gasteiger partial charge in [-0.25, -0.2) is 0 Å². The predicted octanol–water partition coefficient (Wildman–Crippen LogP) is 1.51. The number of halogens is 1. The number of aliphatic imine (C=N–C) groups is 1. The van der Waals surface area contributed by atoms with Crippen LogP contribution in [0, 0.1) is 0 Å². The number of nitrogens with one attached hydrogen (secondary N) is 1. The van der Waals surface area contributed by atoms with Gasteiger partial charge in [0.25, 0.3) is 0 Å². The van der Waals surface area contributed by atoms with Crippen molar-refractivity contribution in [2.24, 2.45) is 4.99 Å². The Balaban J connectivity index is 0.00000220. The highest BCUT2D eigenvalue weighted by atomic mass is 127. The molecule has 0 radical (unpaired) electrons. The Morgan fingerprint density at radius 3 is 2.71 bits per heavy atom. The molecule has 2 saturated heterocycles. The third-order valence-electron chi connectivity index (χ3n) is 4.39. The molecule has 2 aliphatic heterocycles. The van der Waals surface area contributed by atoms with Crippen LogP contribution >= 0.6 is 24.0 Å². The molecule has 0 saturated carbocycles. The van der Waals surface area contributed by atoms with Crippen molar-refractivity contribution in [3.05, 3.63) is 0 Å². The van der Waals surface area contributed by atoms with Gasteiger partial charge in [-0.3, -0.25) is 9.89 Å². The zero-order valence-electron chi connectivity index (χ0n) is 13.4. The van der Waals surface area contributed by atoms with Crippen LogP contribution in [0.3, 0.4) is 0 Å². The van der Waals surface area contributed by atoms with Gasteiger partial charge in [-0.15, -0.1) is 24.0 Å². The van der Waals surface area contributed by atoms with Crippen LogP contribution in [0.25, 0.3) is 0 Å². The monoisotopic (exact) mass is 410 g/mol. The molecule has 2 aliphatic rings. The fourth-order valence-electron chi connectivity index (χ4n) is 3.13. The first-order valence-corrected chi connectivity index (χ1v) is 8.16. The normalized spacial score (nSPS) is 27.6. The Bertz CT molecular complexity index is 327. The van der Waals surface area contributed by atoms with Crippen LogP contribution in [-0.4, -0.2) is 72.3 Å². The molecule has 0 aromatic heterocycles. The maximum Gasteiger partial charge on any atom is 0.194 e. The number of aliphatic hydroxyl groups is 1. The van der Waals surface area contributed by atoms with Crippen molar-refractivity contribution in [2.75, 3.05) is 39.3 Å². The smallest absolute Gasteiger partial charge is 0.194 e. The first-order chi connectivity index (χ1) is 9.70. The molecule has 124 valence electrons. The van der Waals surface area contributed by atoms with E-state index in [-0.39, 0.29) is 30.1 Å². The van der Waals surface area contributed by atoms with Crippen molar-refractivity contribution in [2.45, 2.75) is 51.7 Å². The second kappa shape index (κ2) is 9.84. The summed E-state index contributed by atoms with van der Waals surface area (Å²) in [5.74, 6) is 0.966. The molecule has 2 N–H and O–H groups in total. The highest BCUT2D eigenvalue weighted by molar-refractivity contribution is 14.0. The summed E-state index contributed by atoms with van der Waals surface area (Å²) in [7, 11) is 0. The van der Waals surface area contributed by atoms with Gasteiger partial charge in [-0.05, 0) is 39.7 Å². The minimum atomic E-state index is -0.194. The van der Waals surface area contributed by atoms with Crippen molar-refractivity contribution in [1.29, 1.82) is 0 Å². The molecule has 2 fully saturated rings. The fraction of sp³-hybridized carbons (Fsp3) is 0.933. The summed E-state index contributed by atoms with van der Waals surface area (Å²) in [6, 6.07) is 0.704. The standard InChI is InChI=1S/C15H30N4O.HI/c1-3-16-15(19-10-7-14(20)12-19)17-8-11-18-9-5-4-6-13(18)2;/h13-14,20H,3-12H2,1-2H3,(H,16,17);1H/t13?,14-;/m1./s1. The van der Waals surface area contributed by atoms with Crippen LogP contribution < -0.4 is 5.32 Å². The van der Waals surface area contributed by atoms with Crippen molar-refractivity contribution in [3.63, 3.8) is 0 Å². The number of hydrogen-bond donors (Lipinski definition) is 2. The van der Waals surface area contributed by atoms with E-state index < -0.39 is 0 Å². The highest BCUT2D eigenvalue weighted by Gasteiger charge is 2.23. The second-order valence-electron chi connectivity index (χ2n) is 6.00. The average Bonchev–Trinajstić information content (AvgIpc) is 2.86. The van der Waals surface area contributed by atoms with Gasteiger partial charge >= 0.3 is 0 Å². The van der Waals surface area contributed by atoms with Gasteiger partial charge in [0.05, 0.1) is 12.6 Å². The summed E-state index contributed by atoms with van der Waals surface area (Å²) in [5.41, 5.74) is 0. The van der Waals surface area contributed by atoms with E-state index in [2.05, 4.69) is 29.0 Å². The Hall–Kier alpha value is -0.0800. The number of piperidine rings is 1. The molecule has 0 aromatic rings. The predicted molar refractivity (Wildman–Crippen MR) is 98.5 cm³/mol. The summed E-state index contributed by atoms with van der Waals surface area (Å²) < 4.78 is 0. The molecule has 0 spiro atoms. The molecule has 5 nitrogen and oxygen atoms in total. The molecular formula is C15H31IN4O. The van der Waals surface area contributed by atoms with E-state index in [4.69, 9.17) is 4.99 Å². The van der Waals surface area contributed by atoms with Crippen molar-refractivity contribution >= 4 is 29.9 Å². The van der Waals surface area contributed by atoms with E-state index >= 15 is 0 Å². The zero-order valence-corrected chi connectivity index (χ0v) is 15.8. The number of rotatable bonds is 4. The van der Waals surface area contributed by atoms with Gasteiger partial charge in [0.1, 0.15) is 0 Å². The molecule has 1 unspecified atom stereocenters. The van der Waals surface area contributed by atoms with Crippen molar-refractivity contribution in [1.82, 2.24) is 15.1 Å². The zero-order chi connectivity index (χ0) is 14.4. The van der Waals surface area contributed by atoms with E-state index in [9.17, 15) is 5.11 Å². The molecule has 6 heteroatoms. The lowest BCUT2D eigenvalue weighted by Gasteiger charge is -2.33. The van der Waals surface area contributed by atoms with Gasteiger partial charge in [-0.2, -0.15) is 0 Å². The Kier molecular flexibility index (Phi) is 8.89. The summed E-state index contributed by atoms with van der Waals surface area (Å²) in [5, 5.41) is 13.0. The largest absolute Gasteiger partial charge is 0.391 e. The van der Waals surface area contributed by atoms with Crippen molar-refractivity contribution < 1.29 is 5.11 Å². The van der Waals surface area contributed by atoms with Crippen LogP contribution in [0.5, 0.6) is 0 Å². The van der Waals surface area contributed by atoms with E-state index in [0.29, 0.717) is 12.6 Å². The molecule has 0 aliphatic carbocycles. The topological polar surface area (TPSA) is 51.1 Å². The minimum Gasteiger partial charge on any atom is -0.391 e. The lowest BCUT2D eigenvalue weighted by atomic mass is 10.0. The molecule has 0 bridgehead atoms. The van der Waals surface area contributed by atoms with Crippen LogP contribution in [0.2, 0.25) is 0 Å². The summed E-state index contributed by atoms with van der Waals surface area (Å²) in [4.78, 5) is 9.46. The molecule has 2 atom stereocenters. The Morgan fingerprint density at radius 2 is 2.10 bits per heavy atom. The van der Waals surface area contributed by atoms with E-state index in [0.717, 1.165) is 38.6 Å². The van der Waals surface area contributed by atoms with Gasteiger partial charge in [-0.1, -0.05) is 6.42 Å². The van der Waals surface area contributed by atoms with E-state index in [1.54, 1.807) is 0 Å². The minimum absolute atomic E-state index is 0. The third-order valence-corrected chi connectivity index (χ3v) is 4.39. The van der Waals surface area contributed by atoms with Gasteiger partial charge in [0.15, 0.2) is 5.96 Å². The number of guanidine groups is 1. The molecular weight excluding hydrogens is 379 g/mol. The average molecular weight is 410 g/mol. The van der Waals surface area contributed by atoms with Crippen LogP contribution in [0.4, 0.5) is 0 Å². The lowest BCUT2D eigenvalue weighted by Crippen LogP contribution is -2.42. The van der Waals surface area contributed by atoms with Crippen LogP contribution in [0.15, 0.2) is 4.99 Å².